The fourth-order valence-corrected chi connectivity index (χ4v) is 2.77. The quantitative estimate of drug-likeness (QED) is 0.935. The Balaban J connectivity index is 1.48. The van der Waals surface area contributed by atoms with Crippen LogP contribution in [-0.2, 0) is 6.54 Å². The Labute approximate surface area is 137 Å². The third-order valence-electron chi connectivity index (χ3n) is 3.86. The van der Waals surface area contributed by atoms with Gasteiger partial charge in [-0.1, -0.05) is 30.3 Å². The first-order valence-corrected chi connectivity index (χ1v) is 7.50. The molecule has 1 aromatic carbocycles. The molecule has 1 aromatic heterocycles. The van der Waals surface area contributed by atoms with Gasteiger partial charge in [-0.15, -0.1) is 10.2 Å². The van der Waals surface area contributed by atoms with Gasteiger partial charge in [-0.25, -0.2) is 10.0 Å². The van der Waals surface area contributed by atoms with Gasteiger partial charge < -0.3 is 9.32 Å². The zero-order valence-corrected chi connectivity index (χ0v) is 12.6. The number of amidine groups is 1. The second-order valence-corrected chi connectivity index (χ2v) is 5.43. The second kappa shape index (κ2) is 4.98. The van der Waals surface area contributed by atoms with Crippen molar-refractivity contribution in [1.82, 2.24) is 15.3 Å². The van der Waals surface area contributed by atoms with Crippen molar-refractivity contribution in [2.45, 2.75) is 6.54 Å². The number of benzene rings is 1. The van der Waals surface area contributed by atoms with Crippen LogP contribution >= 0.6 is 0 Å². The molecule has 0 amide bonds. The molecule has 0 radical (unpaired) electrons. The van der Waals surface area contributed by atoms with Crippen LogP contribution in [0.2, 0.25) is 0 Å². The molecule has 0 atom stereocenters. The molecule has 0 saturated heterocycles. The minimum Gasteiger partial charge on any atom is -0.446 e. The van der Waals surface area contributed by atoms with Crippen LogP contribution < -0.4 is 10.5 Å². The average Bonchev–Trinajstić information content (AvgIpc) is 3.34. The zero-order chi connectivity index (χ0) is 15.9. The summed E-state index contributed by atoms with van der Waals surface area (Å²) < 4.78 is 5.38. The number of hydrazine groups is 1. The molecule has 0 aliphatic carbocycles. The van der Waals surface area contributed by atoms with E-state index in [1.807, 2.05) is 30.3 Å². The number of hydrogen-bond acceptors (Lipinski definition) is 8. The number of hydrogen-bond donors (Lipinski definition) is 1. The van der Waals surface area contributed by atoms with Crippen molar-refractivity contribution in [1.29, 1.82) is 0 Å². The van der Waals surface area contributed by atoms with Crippen molar-refractivity contribution < 1.29 is 4.42 Å². The highest BCUT2D eigenvalue weighted by molar-refractivity contribution is 6.07. The third kappa shape index (κ3) is 1.97. The van der Waals surface area contributed by atoms with Gasteiger partial charge >= 0.3 is 0 Å². The number of hydrazone groups is 2. The van der Waals surface area contributed by atoms with E-state index in [-0.39, 0.29) is 0 Å². The first kappa shape index (κ1) is 12.9. The Kier molecular flexibility index (Phi) is 2.69. The van der Waals surface area contributed by atoms with Crippen molar-refractivity contribution in [2.75, 3.05) is 5.12 Å². The van der Waals surface area contributed by atoms with Crippen LogP contribution in [0, 0.1) is 0 Å². The second-order valence-electron chi connectivity index (χ2n) is 5.43. The largest absolute Gasteiger partial charge is 0.446 e. The van der Waals surface area contributed by atoms with E-state index < -0.39 is 0 Å². The number of aliphatic imine (C=N–C) groups is 1. The lowest BCUT2D eigenvalue weighted by molar-refractivity contribution is 0.419. The van der Waals surface area contributed by atoms with Crippen molar-refractivity contribution in [3.05, 3.63) is 65.8 Å². The molecule has 118 valence electrons. The number of nitrogens with one attached hydrogen (secondary N) is 1. The molecule has 1 N–H and O–H groups in total. The van der Waals surface area contributed by atoms with E-state index in [4.69, 9.17) is 4.42 Å². The van der Waals surface area contributed by atoms with Gasteiger partial charge in [0.05, 0.1) is 12.8 Å². The van der Waals surface area contributed by atoms with Gasteiger partial charge in [-0.3, -0.25) is 5.43 Å². The number of nitrogens with zero attached hydrogens (tertiary/aromatic N) is 6. The Hall–Kier alpha value is -3.55. The molecular weight excluding hydrogens is 306 g/mol. The Morgan fingerprint density at radius 2 is 1.96 bits per heavy atom. The number of rotatable bonds is 3. The molecule has 3 aliphatic rings. The van der Waals surface area contributed by atoms with E-state index in [1.165, 1.54) is 5.56 Å². The topological polar surface area (TPSA) is 72.0 Å². The van der Waals surface area contributed by atoms with Gasteiger partial charge in [0.1, 0.15) is 18.4 Å². The van der Waals surface area contributed by atoms with Gasteiger partial charge in [-0.05, 0) is 11.6 Å². The van der Waals surface area contributed by atoms with Gasteiger partial charge in [0, 0.05) is 6.07 Å². The van der Waals surface area contributed by atoms with E-state index in [0.717, 1.165) is 11.5 Å². The molecule has 5 rings (SSSR count). The van der Waals surface area contributed by atoms with E-state index in [1.54, 1.807) is 29.1 Å². The fourth-order valence-electron chi connectivity index (χ4n) is 2.77. The normalized spacial score (nSPS) is 18.0. The lowest BCUT2D eigenvalue weighted by Gasteiger charge is -2.24. The highest BCUT2D eigenvalue weighted by atomic mass is 16.4. The lowest BCUT2D eigenvalue weighted by Crippen LogP contribution is -2.35. The Morgan fingerprint density at radius 3 is 2.79 bits per heavy atom. The van der Waals surface area contributed by atoms with Gasteiger partial charge in [-0.2, -0.15) is 5.10 Å². The molecule has 8 heteroatoms. The van der Waals surface area contributed by atoms with Crippen LogP contribution in [0.15, 0.2) is 79.9 Å². The molecule has 0 unspecified atom stereocenters. The van der Waals surface area contributed by atoms with Crippen LogP contribution in [0.4, 0.5) is 5.88 Å². The molecule has 0 spiro atoms. The lowest BCUT2D eigenvalue weighted by atomic mass is 10.2. The smallest absolute Gasteiger partial charge is 0.235 e. The van der Waals surface area contributed by atoms with Crippen molar-refractivity contribution in [3.8, 4) is 0 Å². The molecular formula is C16H13N7O. The van der Waals surface area contributed by atoms with Gasteiger partial charge in [0.25, 0.3) is 0 Å². The fraction of sp³-hybridized carbons (Fsp3) is 0.0625. The van der Waals surface area contributed by atoms with E-state index >= 15 is 0 Å². The maximum Gasteiger partial charge on any atom is 0.235 e. The van der Waals surface area contributed by atoms with E-state index in [9.17, 15) is 0 Å². The van der Waals surface area contributed by atoms with E-state index in [2.05, 4.69) is 37.7 Å². The molecule has 0 fully saturated rings. The SMILES string of the molecule is C1=NC2=NN(c3ccco3)NC2=C2N(Cc3ccccc3)C=NN12. The number of furan rings is 1. The summed E-state index contributed by atoms with van der Waals surface area (Å²) in [6.45, 7) is 0.712. The van der Waals surface area contributed by atoms with Crippen molar-refractivity contribution in [3.63, 3.8) is 0 Å². The predicted octanol–water partition coefficient (Wildman–Crippen LogP) is 1.89. The highest BCUT2D eigenvalue weighted by Crippen LogP contribution is 2.28. The van der Waals surface area contributed by atoms with Crippen molar-refractivity contribution in [2.24, 2.45) is 15.2 Å². The van der Waals surface area contributed by atoms with Crippen LogP contribution in [0.3, 0.4) is 0 Å². The van der Waals surface area contributed by atoms with Crippen LogP contribution in [0.25, 0.3) is 0 Å². The molecule has 24 heavy (non-hydrogen) atoms. The average molecular weight is 319 g/mol. The predicted molar refractivity (Wildman–Crippen MR) is 89.6 cm³/mol. The number of anilines is 1. The van der Waals surface area contributed by atoms with Crippen LogP contribution in [-0.4, -0.2) is 28.4 Å². The number of fused-ring (bicyclic) bond motifs is 2. The zero-order valence-electron chi connectivity index (χ0n) is 12.6. The van der Waals surface area contributed by atoms with Crippen LogP contribution in [0.1, 0.15) is 5.56 Å². The summed E-state index contributed by atoms with van der Waals surface area (Å²) in [5, 5.41) is 12.1. The molecule has 4 heterocycles. The Bertz CT molecular complexity index is 882. The third-order valence-corrected chi connectivity index (χ3v) is 3.86. The monoisotopic (exact) mass is 319 g/mol. The first-order chi connectivity index (χ1) is 11.9. The maximum absolute atomic E-state index is 5.38. The summed E-state index contributed by atoms with van der Waals surface area (Å²) in [5.74, 6) is 2.09. The molecule has 8 nitrogen and oxygen atoms in total. The van der Waals surface area contributed by atoms with E-state index in [0.29, 0.717) is 18.3 Å². The maximum atomic E-state index is 5.38. The summed E-state index contributed by atoms with van der Waals surface area (Å²) in [6, 6.07) is 13.9. The van der Waals surface area contributed by atoms with Gasteiger partial charge in [0.2, 0.25) is 11.7 Å². The molecule has 3 aliphatic heterocycles. The standard InChI is InChI=1S/C16H13N7O/c1-2-5-12(6-3-1)9-21-11-18-22-10-17-15-14(16(21)22)19-23(20-15)13-7-4-8-24-13/h1-8,10-11,19H,9H2. The van der Waals surface area contributed by atoms with Crippen LogP contribution in [0.5, 0.6) is 0 Å². The summed E-state index contributed by atoms with van der Waals surface area (Å²) in [7, 11) is 0. The van der Waals surface area contributed by atoms with Crippen molar-refractivity contribution >= 4 is 24.4 Å². The summed E-state index contributed by atoms with van der Waals surface area (Å²) >= 11 is 0. The minimum absolute atomic E-state index is 0.597. The molecule has 0 saturated carbocycles. The molecule has 2 aromatic rings. The Morgan fingerprint density at radius 1 is 1.04 bits per heavy atom. The summed E-state index contributed by atoms with van der Waals surface area (Å²) in [6.07, 6.45) is 5.06. The summed E-state index contributed by atoms with van der Waals surface area (Å²) in [5.41, 5.74) is 5.21. The first-order valence-electron chi connectivity index (χ1n) is 7.50. The highest BCUT2D eigenvalue weighted by Gasteiger charge is 2.35. The summed E-state index contributed by atoms with van der Waals surface area (Å²) in [4.78, 5) is 6.40. The molecule has 0 bridgehead atoms. The van der Waals surface area contributed by atoms with Gasteiger partial charge in [0.15, 0.2) is 5.82 Å². The minimum atomic E-state index is 0.597.